The van der Waals surface area contributed by atoms with Gasteiger partial charge in [-0.15, -0.1) is 0 Å². The lowest BCUT2D eigenvalue weighted by Crippen LogP contribution is -2.52. The summed E-state index contributed by atoms with van der Waals surface area (Å²) in [6.45, 7) is 16.0. The number of nitrogens with one attached hydrogen (secondary N) is 1. The maximum absolute atomic E-state index is 13.6. The second kappa shape index (κ2) is 12.9. The summed E-state index contributed by atoms with van der Waals surface area (Å²) in [5, 5.41) is 14.6. The van der Waals surface area contributed by atoms with E-state index in [9.17, 15) is 24.5 Å². The van der Waals surface area contributed by atoms with Gasteiger partial charge in [0.25, 0.3) is 5.69 Å². The normalized spacial score (nSPS) is 18.4. The average molecular weight is 587 g/mol. The van der Waals surface area contributed by atoms with Gasteiger partial charge in [-0.1, -0.05) is 26.0 Å². The van der Waals surface area contributed by atoms with Crippen molar-refractivity contribution in [3.05, 3.63) is 62.5 Å². The first-order chi connectivity index (χ1) is 19.5. The zero-order valence-corrected chi connectivity index (χ0v) is 25.7. The molecule has 1 atom stereocenters. The van der Waals surface area contributed by atoms with Gasteiger partial charge in [-0.25, -0.2) is 14.4 Å². The molecule has 2 aliphatic heterocycles. The summed E-state index contributed by atoms with van der Waals surface area (Å²) in [6, 6.07) is 5.86. The maximum atomic E-state index is 13.6. The number of benzene rings is 1. The van der Waals surface area contributed by atoms with Crippen LogP contribution >= 0.6 is 0 Å². The first-order valence-corrected chi connectivity index (χ1v) is 13.9. The molecule has 0 spiro atoms. The van der Waals surface area contributed by atoms with Crippen LogP contribution in [0.5, 0.6) is 0 Å². The number of dihydropyridines is 1. The van der Waals surface area contributed by atoms with Gasteiger partial charge in [0.2, 0.25) is 0 Å². The van der Waals surface area contributed by atoms with Gasteiger partial charge in [-0.2, -0.15) is 0 Å². The maximum Gasteiger partial charge on any atom is 0.410 e. The van der Waals surface area contributed by atoms with Crippen LogP contribution < -0.4 is 5.32 Å². The summed E-state index contributed by atoms with van der Waals surface area (Å²) in [4.78, 5) is 53.8. The number of nitro groups is 1. The minimum Gasteiger partial charge on any atom is -0.466 e. The molecule has 2 heterocycles. The molecule has 1 aromatic carbocycles. The van der Waals surface area contributed by atoms with Crippen LogP contribution in [0.3, 0.4) is 0 Å². The number of hydrogen-bond acceptors (Lipinski definition) is 10. The van der Waals surface area contributed by atoms with E-state index in [0.717, 1.165) is 0 Å². The minimum atomic E-state index is -0.921. The minimum absolute atomic E-state index is 0.0901. The fourth-order valence-corrected chi connectivity index (χ4v) is 5.20. The van der Waals surface area contributed by atoms with Crippen LogP contribution in [0.4, 0.5) is 10.5 Å². The number of carbonyl (C=O) groups is 3. The number of nitro benzene ring substituents is 1. The smallest absolute Gasteiger partial charge is 0.410 e. The van der Waals surface area contributed by atoms with Gasteiger partial charge in [0, 0.05) is 61.7 Å². The van der Waals surface area contributed by atoms with E-state index in [-0.39, 0.29) is 29.5 Å². The highest BCUT2D eigenvalue weighted by Gasteiger charge is 2.39. The Morgan fingerprint density at radius 2 is 1.60 bits per heavy atom. The molecule has 12 nitrogen and oxygen atoms in total. The third kappa shape index (κ3) is 8.09. The molecule has 1 fully saturated rings. The Morgan fingerprint density at radius 1 is 1.00 bits per heavy atom. The molecular formula is C30H42N4O8. The first-order valence-electron chi connectivity index (χ1n) is 13.9. The molecular weight excluding hydrogens is 544 g/mol. The van der Waals surface area contributed by atoms with Gasteiger partial charge in [0.1, 0.15) is 5.60 Å². The van der Waals surface area contributed by atoms with Gasteiger partial charge in [0.15, 0.2) is 0 Å². The number of nitrogens with zero attached hydrogens (tertiary/aromatic N) is 3. The van der Waals surface area contributed by atoms with Crippen LogP contribution in [0.15, 0.2) is 46.8 Å². The number of non-ortho nitro benzene ring substituents is 1. The Hall–Kier alpha value is -3.93. The first kappa shape index (κ1) is 32.6. The zero-order valence-electron chi connectivity index (χ0n) is 25.7. The number of amides is 1. The summed E-state index contributed by atoms with van der Waals surface area (Å²) in [5.74, 6) is -2.21. The number of rotatable bonds is 8. The van der Waals surface area contributed by atoms with Crippen LogP contribution in [0, 0.1) is 15.5 Å². The van der Waals surface area contributed by atoms with E-state index < -0.39 is 33.8 Å². The van der Waals surface area contributed by atoms with Crippen LogP contribution in [0.2, 0.25) is 0 Å². The van der Waals surface area contributed by atoms with E-state index in [2.05, 4.69) is 10.2 Å². The van der Waals surface area contributed by atoms with Crippen molar-refractivity contribution in [3.8, 4) is 0 Å². The van der Waals surface area contributed by atoms with Crippen molar-refractivity contribution >= 4 is 23.7 Å². The average Bonchev–Trinajstić information content (AvgIpc) is 2.90. The largest absolute Gasteiger partial charge is 0.466 e. The molecule has 0 bridgehead atoms. The SMILES string of the molecule is COC(=O)C1=C(C)NC(C)=C(C(=O)OCC(C)(C)CN2CCN(C(=O)OC(C)(C)C)CC2)C1c1cccc([N+](=O)[O-])c1. The Bertz CT molecular complexity index is 1290. The molecule has 12 heteroatoms. The van der Waals surface area contributed by atoms with Crippen LogP contribution in [0.25, 0.3) is 0 Å². The van der Waals surface area contributed by atoms with E-state index in [1.807, 2.05) is 34.6 Å². The van der Waals surface area contributed by atoms with Crippen LogP contribution in [-0.2, 0) is 23.8 Å². The van der Waals surface area contributed by atoms with Crippen molar-refractivity contribution in [1.82, 2.24) is 15.1 Å². The van der Waals surface area contributed by atoms with Crippen LogP contribution in [-0.4, -0.2) is 84.8 Å². The van der Waals surface area contributed by atoms with Crippen LogP contribution in [0.1, 0.15) is 59.9 Å². The highest BCUT2D eigenvalue weighted by atomic mass is 16.6. The second-order valence-corrected chi connectivity index (χ2v) is 12.5. The molecule has 2 aliphatic rings. The lowest BCUT2D eigenvalue weighted by molar-refractivity contribution is -0.384. The molecule has 1 saturated heterocycles. The molecule has 3 rings (SSSR count). The monoisotopic (exact) mass is 586 g/mol. The van der Waals surface area contributed by atoms with E-state index in [4.69, 9.17) is 14.2 Å². The van der Waals surface area contributed by atoms with Gasteiger partial charge in [-0.05, 0) is 40.2 Å². The summed E-state index contributed by atoms with van der Waals surface area (Å²) in [7, 11) is 1.24. The third-order valence-electron chi connectivity index (χ3n) is 7.07. The summed E-state index contributed by atoms with van der Waals surface area (Å²) < 4.78 is 16.3. The van der Waals surface area contributed by atoms with E-state index in [0.29, 0.717) is 49.7 Å². The Balaban J connectivity index is 1.74. The number of allylic oxidation sites excluding steroid dienone is 2. The van der Waals surface area contributed by atoms with E-state index >= 15 is 0 Å². The molecule has 1 amide bonds. The number of ether oxygens (including phenoxy) is 3. The topological polar surface area (TPSA) is 141 Å². The molecule has 0 radical (unpaired) electrons. The Labute approximate surface area is 246 Å². The highest BCUT2D eigenvalue weighted by Crippen LogP contribution is 2.40. The Kier molecular flexibility index (Phi) is 10.0. The van der Waals surface area contributed by atoms with Crippen molar-refractivity contribution < 1.29 is 33.5 Å². The summed E-state index contributed by atoms with van der Waals surface area (Å²) in [5.41, 5.74) is 0.586. The molecule has 1 aromatic rings. The van der Waals surface area contributed by atoms with Crippen molar-refractivity contribution in [3.63, 3.8) is 0 Å². The number of carbonyl (C=O) groups excluding carboxylic acids is 3. The standard InChI is InChI=1S/C30H42N4O8/c1-19-23(26(35)40-8)25(21-10-9-11-22(16-21)34(38)39)24(20(2)31-19)27(36)41-18-30(6,7)17-32-12-14-33(15-13-32)28(37)42-29(3,4)5/h9-11,16,25,31H,12-15,17-18H2,1-8H3. The molecule has 42 heavy (non-hydrogen) atoms. The number of methoxy groups -OCH3 is 1. The molecule has 230 valence electrons. The van der Waals surface area contributed by atoms with Gasteiger partial charge in [-0.3, -0.25) is 15.0 Å². The lowest BCUT2D eigenvalue weighted by atomic mass is 9.80. The summed E-state index contributed by atoms with van der Waals surface area (Å²) >= 11 is 0. The molecule has 0 aromatic heterocycles. The van der Waals surface area contributed by atoms with Gasteiger partial charge in [0.05, 0.1) is 35.7 Å². The quantitative estimate of drug-likeness (QED) is 0.205. The molecule has 1 N–H and O–H groups in total. The predicted octanol–water partition coefficient (Wildman–Crippen LogP) is 4.12. The fraction of sp³-hybridized carbons (Fsp3) is 0.567. The number of hydrogen-bond donors (Lipinski definition) is 1. The van der Waals surface area contributed by atoms with E-state index in [1.54, 1.807) is 24.8 Å². The van der Waals surface area contributed by atoms with Crippen molar-refractivity contribution in [2.24, 2.45) is 5.41 Å². The predicted molar refractivity (Wildman–Crippen MR) is 155 cm³/mol. The van der Waals surface area contributed by atoms with Crippen molar-refractivity contribution in [2.75, 3.05) is 46.4 Å². The van der Waals surface area contributed by atoms with Gasteiger partial charge >= 0.3 is 18.0 Å². The summed E-state index contributed by atoms with van der Waals surface area (Å²) in [6.07, 6.45) is -0.325. The number of esters is 2. The molecule has 1 unspecified atom stereocenters. The van der Waals surface area contributed by atoms with Gasteiger partial charge < -0.3 is 24.4 Å². The molecule has 0 saturated carbocycles. The number of piperazine rings is 1. The Morgan fingerprint density at radius 3 is 2.14 bits per heavy atom. The lowest BCUT2D eigenvalue weighted by Gasteiger charge is -2.39. The van der Waals surface area contributed by atoms with Crippen molar-refractivity contribution in [1.29, 1.82) is 0 Å². The highest BCUT2D eigenvalue weighted by molar-refractivity contribution is 5.99. The molecule has 0 aliphatic carbocycles. The third-order valence-corrected chi connectivity index (χ3v) is 7.07. The van der Waals surface area contributed by atoms with Crippen molar-refractivity contribution in [2.45, 2.75) is 60.0 Å². The second-order valence-electron chi connectivity index (χ2n) is 12.5. The fourth-order valence-electron chi connectivity index (χ4n) is 5.20. The van der Waals surface area contributed by atoms with E-state index in [1.165, 1.54) is 25.3 Å². The zero-order chi connectivity index (χ0) is 31.4.